The van der Waals surface area contributed by atoms with E-state index in [1.165, 1.54) is 0 Å². The fourth-order valence-corrected chi connectivity index (χ4v) is 1.01. The van der Waals surface area contributed by atoms with Gasteiger partial charge in [0.2, 0.25) is 5.79 Å². The van der Waals surface area contributed by atoms with Gasteiger partial charge in [0.05, 0.1) is 13.2 Å². The lowest BCUT2D eigenvalue weighted by Crippen LogP contribution is -2.36. The van der Waals surface area contributed by atoms with Crippen LogP contribution in [0.1, 0.15) is 34.1 Å². The molecule has 0 atom stereocenters. The summed E-state index contributed by atoms with van der Waals surface area (Å²) >= 11 is 0. The average Bonchev–Trinajstić information content (AvgIpc) is 2.02. The van der Waals surface area contributed by atoms with Crippen LogP contribution in [0.4, 0.5) is 0 Å². The lowest BCUT2D eigenvalue weighted by atomic mass is 9.97. The van der Waals surface area contributed by atoms with Gasteiger partial charge in [0.15, 0.2) is 0 Å². The molecule has 1 fully saturated rings. The highest BCUT2D eigenvalue weighted by molar-refractivity contribution is 5.14. The fourth-order valence-electron chi connectivity index (χ4n) is 1.01. The van der Waals surface area contributed by atoms with Crippen molar-refractivity contribution < 1.29 is 9.47 Å². The third kappa shape index (κ3) is 3.80. The van der Waals surface area contributed by atoms with Gasteiger partial charge in [0.25, 0.3) is 0 Å². The van der Waals surface area contributed by atoms with Gasteiger partial charge in [0, 0.05) is 12.3 Å². The Kier molecular flexibility index (Phi) is 3.00. The summed E-state index contributed by atoms with van der Waals surface area (Å²) < 4.78 is 10.9. The van der Waals surface area contributed by atoms with E-state index in [0.29, 0.717) is 0 Å². The normalized spacial score (nSPS) is 21.8. The van der Waals surface area contributed by atoms with Crippen molar-refractivity contribution in [1.82, 2.24) is 0 Å². The first-order valence-electron chi connectivity index (χ1n) is 4.74. The summed E-state index contributed by atoms with van der Waals surface area (Å²) in [5.41, 5.74) is 0.00712. The molecule has 1 aliphatic rings. The van der Waals surface area contributed by atoms with Gasteiger partial charge in [-0.1, -0.05) is 5.92 Å². The monoisotopic (exact) mass is 182 g/mol. The summed E-state index contributed by atoms with van der Waals surface area (Å²) in [5, 5.41) is 0. The summed E-state index contributed by atoms with van der Waals surface area (Å²) in [6.07, 6.45) is 0.965. The maximum Gasteiger partial charge on any atom is 0.230 e. The van der Waals surface area contributed by atoms with Gasteiger partial charge < -0.3 is 9.47 Å². The Bertz CT molecular complexity index is 221. The Labute approximate surface area is 80.6 Å². The molecule has 0 saturated carbocycles. The molecule has 0 spiro atoms. The van der Waals surface area contributed by atoms with Crippen LogP contribution in [0.5, 0.6) is 0 Å². The lowest BCUT2D eigenvalue weighted by Gasteiger charge is -2.29. The lowest BCUT2D eigenvalue weighted by molar-refractivity contribution is -0.218. The van der Waals surface area contributed by atoms with Crippen LogP contribution in [-0.2, 0) is 9.47 Å². The third-order valence-electron chi connectivity index (χ3n) is 1.71. The molecule has 0 aliphatic carbocycles. The van der Waals surface area contributed by atoms with Crippen molar-refractivity contribution in [3.63, 3.8) is 0 Å². The molecular weight excluding hydrogens is 164 g/mol. The highest BCUT2D eigenvalue weighted by Crippen LogP contribution is 2.18. The van der Waals surface area contributed by atoms with Gasteiger partial charge in [-0.25, -0.2) is 0 Å². The van der Waals surface area contributed by atoms with Crippen LogP contribution < -0.4 is 0 Å². The van der Waals surface area contributed by atoms with Crippen LogP contribution in [0.3, 0.4) is 0 Å². The van der Waals surface area contributed by atoms with Crippen molar-refractivity contribution in [2.45, 2.75) is 39.9 Å². The molecule has 1 saturated heterocycles. The number of rotatable bonds is 0. The van der Waals surface area contributed by atoms with Crippen molar-refractivity contribution in [2.24, 2.45) is 5.41 Å². The molecule has 2 heteroatoms. The molecule has 0 aromatic carbocycles. The van der Waals surface area contributed by atoms with Crippen molar-refractivity contribution >= 4 is 0 Å². The first kappa shape index (κ1) is 10.6. The van der Waals surface area contributed by atoms with Crippen molar-refractivity contribution in [3.8, 4) is 11.8 Å². The van der Waals surface area contributed by atoms with Crippen molar-refractivity contribution in [1.29, 1.82) is 0 Å². The maximum absolute atomic E-state index is 5.46. The average molecular weight is 182 g/mol. The molecule has 13 heavy (non-hydrogen) atoms. The van der Waals surface area contributed by atoms with Crippen LogP contribution in [0, 0.1) is 17.3 Å². The largest absolute Gasteiger partial charge is 0.340 e. The summed E-state index contributed by atoms with van der Waals surface area (Å²) in [7, 11) is 0. The molecule has 74 valence electrons. The van der Waals surface area contributed by atoms with Crippen molar-refractivity contribution in [2.75, 3.05) is 13.2 Å². The summed E-state index contributed by atoms with van der Waals surface area (Å²) in [4.78, 5) is 0. The molecule has 2 nitrogen and oxygen atoms in total. The summed E-state index contributed by atoms with van der Waals surface area (Å²) in [6.45, 7) is 9.60. The van der Waals surface area contributed by atoms with E-state index in [1.54, 1.807) is 0 Å². The maximum atomic E-state index is 5.46. The minimum Gasteiger partial charge on any atom is -0.340 e. The molecule has 0 bridgehead atoms. The Hall–Kier alpha value is -0.520. The van der Waals surface area contributed by atoms with Gasteiger partial charge in [-0.15, -0.1) is 0 Å². The highest BCUT2D eigenvalue weighted by atomic mass is 16.7. The molecule has 0 aromatic rings. The van der Waals surface area contributed by atoms with Crippen LogP contribution in [0.15, 0.2) is 0 Å². The van der Waals surface area contributed by atoms with E-state index >= 15 is 0 Å². The van der Waals surface area contributed by atoms with E-state index in [-0.39, 0.29) is 5.41 Å². The van der Waals surface area contributed by atoms with E-state index < -0.39 is 5.79 Å². The molecule has 1 heterocycles. The molecule has 0 unspecified atom stereocenters. The van der Waals surface area contributed by atoms with Gasteiger partial charge in [-0.2, -0.15) is 0 Å². The predicted octanol–water partition coefficient (Wildman–Crippen LogP) is 2.19. The van der Waals surface area contributed by atoms with Crippen LogP contribution in [0.25, 0.3) is 0 Å². The Morgan fingerprint density at radius 3 is 2.15 bits per heavy atom. The standard InChI is InChI=1S/C11H18O2/c1-10(2,3)6-7-11(4)12-8-5-9-13-11/h5,8-9H2,1-4H3. The van der Waals surface area contributed by atoms with Gasteiger partial charge >= 0.3 is 0 Å². The Balaban J connectivity index is 2.63. The zero-order chi connectivity index (χ0) is 9.95. The topological polar surface area (TPSA) is 18.5 Å². The first-order chi connectivity index (χ1) is 5.91. The summed E-state index contributed by atoms with van der Waals surface area (Å²) in [6, 6.07) is 0. The second-order valence-electron chi connectivity index (χ2n) is 4.50. The molecular formula is C11H18O2. The smallest absolute Gasteiger partial charge is 0.230 e. The minimum absolute atomic E-state index is 0.00712. The molecule has 1 aliphatic heterocycles. The first-order valence-corrected chi connectivity index (χ1v) is 4.74. The van der Waals surface area contributed by atoms with Gasteiger partial charge in [-0.3, -0.25) is 0 Å². The van der Waals surface area contributed by atoms with E-state index in [4.69, 9.17) is 9.47 Å². The second kappa shape index (κ2) is 3.69. The van der Waals surface area contributed by atoms with Crippen molar-refractivity contribution in [3.05, 3.63) is 0 Å². The molecule has 0 radical (unpaired) electrons. The van der Waals surface area contributed by atoms with Crippen LogP contribution in [-0.4, -0.2) is 19.0 Å². The number of hydrogen-bond donors (Lipinski definition) is 0. The molecule has 0 N–H and O–H groups in total. The second-order valence-corrected chi connectivity index (χ2v) is 4.50. The van der Waals surface area contributed by atoms with Crippen LogP contribution in [0.2, 0.25) is 0 Å². The number of ether oxygens (including phenoxy) is 2. The zero-order valence-electron chi connectivity index (χ0n) is 8.94. The molecule has 0 amide bonds. The molecule has 1 rings (SSSR count). The van der Waals surface area contributed by atoms with E-state index in [0.717, 1.165) is 19.6 Å². The van der Waals surface area contributed by atoms with Gasteiger partial charge in [-0.05, 0) is 33.1 Å². The quantitative estimate of drug-likeness (QED) is 0.535. The fraction of sp³-hybridized carbons (Fsp3) is 0.818. The Morgan fingerprint density at radius 1 is 1.15 bits per heavy atom. The minimum atomic E-state index is -0.675. The predicted molar refractivity (Wildman–Crippen MR) is 52.2 cm³/mol. The third-order valence-corrected chi connectivity index (χ3v) is 1.71. The van der Waals surface area contributed by atoms with Gasteiger partial charge in [0.1, 0.15) is 0 Å². The Morgan fingerprint density at radius 2 is 1.69 bits per heavy atom. The number of hydrogen-bond acceptors (Lipinski definition) is 2. The summed E-state index contributed by atoms with van der Waals surface area (Å²) in [5.74, 6) is 5.50. The SMILES string of the molecule is CC(C)(C)C#CC1(C)OCCCO1. The van der Waals surface area contributed by atoms with E-state index in [1.807, 2.05) is 6.92 Å². The van der Waals surface area contributed by atoms with E-state index in [9.17, 15) is 0 Å². The molecule has 0 aromatic heterocycles. The zero-order valence-corrected chi connectivity index (χ0v) is 8.94. The highest BCUT2D eigenvalue weighted by Gasteiger charge is 2.26. The van der Waals surface area contributed by atoms with E-state index in [2.05, 4.69) is 32.6 Å². The van der Waals surface area contributed by atoms with Crippen LogP contribution >= 0.6 is 0 Å².